The van der Waals surface area contributed by atoms with Crippen molar-refractivity contribution in [2.75, 3.05) is 26.8 Å². The van der Waals surface area contributed by atoms with Gasteiger partial charge >= 0.3 is 0 Å². The number of benzene rings is 2. The first-order valence-corrected chi connectivity index (χ1v) is 10.2. The Hall–Kier alpha value is -1.63. The van der Waals surface area contributed by atoms with E-state index < -0.39 is 12.2 Å². The number of hydrogen-bond donors (Lipinski definition) is 1. The number of aliphatic hydroxyl groups is 1. The highest BCUT2D eigenvalue weighted by Crippen LogP contribution is 2.29. The minimum Gasteiger partial charge on any atom is -0.394 e. The number of nitrogens with zero attached hydrogens (tertiary/aromatic N) is 1. The smallest absolute Gasteiger partial charge is 0.256 e. The molecule has 0 aliphatic carbocycles. The van der Waals surface area contributed by atoms with E-state index in [1.807, 2.05) is 44.2 Å². The Morgan fingerprint density at radius 1 is 1.07 bits per heavy atom. The van der Waals surface area contributed by atoms with E-state index in [1.54, 1.807) is 30.1 Å². The lowest BCUT2D eigenvalue weighted by atomic mass is 10.1. The second-order valence-corrected chi connectivity index (χ2v) is 7.77. The monoisotopic (exact) mass is 439 g/mol. The van der Waals surface area contributed by atoms with E-state index in [0.717, 1.165) is 11.1 Å². The minimum atomic E-state index is -0.714. The molecule has 2 rings (SSSR count). The standard InChI is InChI=1S/C22H27Cl2NO4/c1-15(2)29-21(16-7-5-4-6-8-16)22(27)25(3)14-20(28-12-11-26)17-9-10-18(23)19(24)13-17/h4-10,13,15,20-21,26H,11-12,14H2,1-3H3. The van der Waals surface area contributed by atoms with Crippen molar-refractivity contribution in [2.45, 2.75) is 32.2 Å². The summed E-state index contributed by atoms with van der Waals surface area (Å²) in [6.45, 7) is 4.07. The fraction of sp³-hybridized carbons (Fsp3) is 0.409. The second-order valence-electron chi connectivity index (χ2n) is 6.95. The first-order valence-electron chi connectivity index (χ1n) is 9.46. The maximum Gasteiger partial charge on any atom is 0.256 e. The van der Waals surface area contributed by atoms with Crippen molar-refractivity contribution < 1.29 is 19.4 Å². The molecule has 1 amide bonds. The number of carbonyl (C=O) groups excluding carboxylic acids is 1. The molecular formula is C22H27Cl2NO4. The molecule has 0 bridgehead atoms. The van der Waals surface area contributed by atoms with Crippen LogP contribution in [-0.4, -0.2) is 48.8 Å². The van der Waals surface area contributed by atoms with Gasteiger partial charge in [-0.25, -0.2) is 0 Å². The number of halogens is 2. The van der Waals surface area contributed by atoms with Gasteiger partial charge in [-0.15, -0.1) is 0 Å². The third-order valence-corrected chi connectivity index (χ3v) is 5.02. The van der Waals surface area contributed by atoms with E-state index in [-0.39, 0.29) is 31.8 Å². The van der Waals surface area contributed by atoms with Gasteiger partial charge in [0.2, 0.25) is 0 Å². The molecule has 0 aliphatic rings. The van der Waals surface area contributed by atoms with Crippen LogP contribution < -0.4 is 0 Å². The van der Waals surface area contributed by atoms with Gasteiger partial charge in [-0.1, -0.05) is 59.6 Å². The number of hydrogen-bond acceptors (Lipinski definition) is 4. The number of aliphatic hydroxyl groups excluding tert-OH is 1. The van der Waals surface area contributed by atoms with Crippen molar-refractivity contribution in [3.63, 3.8) is 0 Å². The first kappa shape index (κ1) is 23.6. The molecule has 5 nitrogen and oxygen atoms in total. The highest BCUT2D eigenvalue weighted by Gasteiger charge is 2.28. The van der Waals surface area contributed by atoms with Crippen LogP contribution in [0.4, 0.5) is 0 Å². The Bertz CT molecular complexity index is 786. The van der Waals surface area contributed by atoms with E-state index in [1.165, 1.54) is 0 Å². The van der Waals surface area contributed by atoms with Crippen LogP contribution in [0, 0.1) is 0 Å². The summed E-state index contributed by atoms with van der Waals surface area (Å²) in [6.07, 6.45) is -1.30. The van der Waals surface area contributed by atoms with Gasteiger partial charge in [0.1, 0.15) is 6.10 Å². The van der Waals surface area contributed by atoms with Gasteiger partial charge in [0, 0.05) is 7.05 Å². The zero-order valence-corrected chi connectivity index (χ0v) is 18.4. The summed E-state index contributed by atoms with van der Waals surface area (Å²) < 4.78 is 11.7. The molecule has 0 spiro atoms. The third-order valence-electron chi connectivity index (χ3n) is 4.28. The highest BCUT2D eigenvalue weighted by atomic mass is 35.5. The van der Waals surface area contributed by atoms with Gasteiger partial charge in [-0.3, -0.25) is 4.79 Å². The van der Waals surface area contributed by atoms with Gasteiger partial charge in [0.15, 0.2) is 6.10 Å². The fourth-order valence-electron chi connectivity index (χ4n) is 2.88. The zero-order valence-electron chi connectivity index (χ0n) is 16.8. The molecule has 0 saturated heterocycles. The van der Waals surface area contributed by atoms with Crippen molar-refractivity contribution in [3.05, 3.63) is 69.7 Å². The number of amides is 1. The molecule has 7 heteroatoms. The summed E-state index contributed by atoms with van der Waals surface area (Å²) in [7, 11) is 1.70. The highest BCUT2D eigenvalue weighted by molar-refractivity contribution is 6.42. The van der Waals surface area contributed by atoms with Gasteiger partial charge in [-0.2, -0.15) is 0 Å². The second kappa shape index (κ2) is 11.5. The average molecular weight is 440 g/mol. The Labute approximate surface area is 182 Å². The fourth-order valence-corrected chi connectivity index (χ4v) is 3.19. The molecule has 0 aromatic heterocycles. The predicted octanol–water partition coefficient (Wildman–Crippen LogP) is 4.67. The summed E-state index contributed by atoms with van der Waals surface area (Å²) >= 11 is 12.2. The van der Waals surface area contributed by atoms with E-state index in [2.05, 4.69) is 0 Å². The minimum absolute atomic E-state index is 0.117. The van der Waals surface area contributed by atoms with E-state index in [4.69, 9.17) is 37.8 Å². The van der Waals surface area contributed by atoms with Crippen molar-refractivity contribution in [1.29, 1.82) is 0 Å². The van der Waals surface area contributed by atoms with Crippen molar-refractivity contribution in [2.24, 2.45) is 0 Å². The molecule has 2 aromatic rings. The molecule has 0 heterocycles. The summed E-state index contributed by atoms with van der Waals surface area (Å²) in [5.74, 6) is -0.178. The quantitative estimate of drug-likeness (QED) is 0.584. The molecule has 2 atom stereocenters. The Balaban J connectivity index is 2.22. The van der Waals surface area contributed by atoms with E-state index in [9.17, 15) is 4.79 Å². The molecule has 0 aliphatic heterocycles. The summed E-state index contributed by atoms with van der Waals surface area (Å²) in [5, 5.41) is 10.0. The van der Waals surface area contributed by atoms with Crippen LogP contribution in [0.3, 0.4) is 0 Å². The molecular weight excluding hydrogens is 413 g/mol. The van der Waals surface area contributed by atoms with E-state index >= 15 is 0 Å². The van der Waals surface area contributed by atoms with Crippen LogP contribution in [-0.2, 0) is 14.3 Å². The lowest BCUT2D eigenvalue weighted by molar-refractivity contribution is -0.147. The number of likely N-dealkylation sites (N-methyl/N-ethyl adjacent to an activating group) is 1. The van der Waals surface area contributed by atoms with Crippen LogP contribution >= 0.6 is 23.2 Å². The summed E-state index contributed by atoms with van der Waals surface area (Å²) in [6, 6.07) is 14.6. The molecule has 2 unspecified atom stereocenters. The van der Waals surface area contributed by atoms with Gasteiger partial charge in [-0.05, 0) is 37.1 Å². The SMILES string of the molecule is CC(C)OC(C(=O)N(C)CC(OCCO)c1ccc(Cl)c(Cl)c1)c1ccccc1. The third kappa shape index (κ3) is 6.98. The van der Waals surface area contributed by atoms with Gasteiger partial charge in [0.25, 0.3) is 5.91 Å². The van der Waals surface area contributed by atoms with Crippen molar-refractivity contribution in [1.82, 2.24) is 4.90 Å². The van der Waals surface area contributed by atoms with Gasteiger partial charge < -0.3 is 19.5 Å². The van der Waals surface area contributed by atoms with E-state index in [0.29, 0.717) is 10.0 Å². The number of ether oxygens (including phenoxy) is 2. The summed E-state index contributed by atoms with van der Waals surface area (Å²) in [5.41, 5.74) is 1.56. The Morgan fingerprint density at radius 3 is 2.34 bits per heavy atom. The molecule has 158 valence electrons. The lowest BCUT2D eigenvalue weighted by Gasteiger charge is -2.29. The maximum absolute atomic E-state index is 13.2. The van der Waals surface area contributed by atoms with Crippen LogP contribution in [0.2, 0.25) is 10.0 Å². The summed E-state index contributed by atoms with van der Waals surface area (Å²) in [4.78, 5) is 14.8. The molecule has 2 aromatic carbocycles. The van der Waals surface area contributed by atoms with Crippen LogP contribution in [0.1, 0.15) is 37.2 Å². The molecule has 1 N–H and O–H groups in total. The maximum atomic E-state index is 13.2. The molecule has 0 radical (unpaired) electrons. The number of carbonyl (C=O) groups is 1. The Kier molecular flexibility index (Phi) is 9.40. The largest absolute Gasteiger partial charge is 0.394 e. The first-order chi connectivity index (χ1) is 13.8. The topological polar surface area (TPSA) is 59.0 Å². The van der Waals surface area contributed by atoms with Crippen LogP contribution in [0.5, 0.6) is 0 Å². The molecule has 0 saturated carbocycles. The van der Waals surface area contributed by atoms with Crippen molar-refractivity contribution >= 4 is 29.1 Å². The normalized spacial score (nSPS) is 13.3. The lowest BCUT2D eigenvalue weighted by Crippen LogP contribution is -2.37. The Morgan fingerprint density at radius 2 is 1.76 bits per heavy atom. The molecule has 29 heavy (non-hydrogen) atoms. The average Bonchev–Trinajstić information content (AvgIpc) is 2.71. The van der Waals surface area contributed by atoms with Crippen molar-refractivity contribution in [3.8, 4) is 0 Å². The van der Waals surface area contributed by atoms with Gasteiger partial charge in [0.05, 0.1) is 35.9 Å². The predicted molar refractivity (Wildman–Crippen MR) is 115 cm³/mol. The molecule has 0 fully saturated rings. The van der Waals surface area contributed by atoms with Crippen LogP contribution in [0.15, 0.2) is 48.5 Å². The number of rotatable bonds is 10. The zero-order chi connectivity index (χ0) is 21.4. The van der Waals surface area contributed by atoms with Crippen LogP contribution in [0.25, 0.3) is 0 Å².